The van der Waals surface area contributed by atoms with E-state index < -0.39 is 0 Å². The number of imidazole rings is 1. The van der Waals surface area contributed by atoms with Gasteiger partial charge in [-0.3, -0.25) is 0 Å². The molecule has 3 aromatic rings. The zero-order valence-corrected chi connectivity index (χ0v) is 12.3. The molecule has 4 nitrogen and oxygen atoms in total. The second kappa shape index (κ2) is 5.87. The van der Waals surface area contributed by atoms with E-state index in [4.69, 9.17) is 9.72 Å². The third-order valence-corrected chi connectivity index (χ3v) is 3.63. The molecule has 0 radical (unpaired) electrons. The molecule has 0 bridgehead atoms. The molecule has 0 aliphatic rings. The van der Waals surface area contributed by atoms with E-state index >= 15 is 0 Å². The first-order valence-corrected chi connectivity index (χ1v) is 7.06. The van der Waals surface area contributed by atoms with Gasteiger partial charge in [-0.25, -0.2) is 4.98 Å². The predicted molar refractivity (Wildman–Crippen MR) is 85.9 cm³/mol. The van der Waals surface area contributed by atoms with E-state index in [2.05, 4.69) is 35.1 Å². The summed E-state index contributed by atoms with van der Waals surface area (Å²) >= 11 is 0. The quantitative estimate of drug-likeness (QED) is 0.780. The molecule has 1 N–H and O–H groups in total. The lowest BCUT2D eigenvalue weighted by atomic mass is 10.3. The van der Waals surface area contributed by atoms with E-state index in [1.807, 2.05) is 30.3 Å². The molecule has 108 valence electrons. The number of hydrogen-bond donors (Lipinski definition) is 1. The highest BCUT2D eigenvalue weighted by Gasteiger charge is 2.08. The van der Waals surface area contributed by atoms with Crippen molar-refractivity contribution < 1.29 is 4.74 Å². The van der Waals surface area contributed by atoms with Crippen molar-refractivity contribution in [1.82, 2.24) is 9.55 Å². The summed E-state index contributed by atoms with van der Waals surface area (Å²) in [6.07, 6.45) is 0.877. The molecule has 1 aromatic heterocycles. The molecule has 4 heteroatoms. The van der Waals surface area contributed by atoms with Crippen LogP contribution in [-0.4, -0.2) is 23.2 Å². The number of hydrogen-bond acceptors (Lipinski definition) is 3. The highest BCUT2D eigenvalue weighted by atomic mass is 16.5. The summed E-state index contributed by atoms with van der Waals surface area (Å²) in [5, 5.41) is 3.41. The van der Waals surface area contributed by atoms with Gasteiger partial charge in [0.15, 0.2) is 0 Å². The fraction of sp³-hybridized carbons (Fsp3) is 0.235. The van der Waals surface area contributed by atoms with Gasteiger partial charge in [-0.15, -0.1) is 0 Å². The Kier molecular flexibility index (Phi) is 3.77. The Balaban J connectivity index is 1.73. The van der Waals surface area contributed by atoms with Gasteiger partial charge in [0, 0.05) is 31.8 Å². The lowest BCUT2D eigenvalue weighted by Crippen LogP contribution is -2.08. The molecular weight excluding hydrogens is 262 g/mol. The fourth-order valence-electron chi connectivity index (χ4n) is 2.45. The van der Waals surface area contributed by atoms with Gasteiger partial charge in [-0.1, -0.05) is 18.2 Å². The summed E-state index contributed by atoms with van der Waals surface area (Å²) in [6, 6.07) is 16.2. The molecule has 3 rings (SSSR count). The number of aromatic nitrogens is 2. The first kappa shape index (κ1) is 13.5. The monoisotopic (exact) mass is 281 g/mol. The van der Waals surface area contributed by atoms with E-state index in [9.17, 15) is 0 Å². The van der Waals surface area contributed by atoms with E-state index in [0.717, 1.165) is 41.3 Å². The Morgan fingerprint density at radius 1 is 1.14 bits per heavy atom. The summed E-state index contributed by atoms with van der Waals surface area (Å²) in [5.74, 6) is 1.91. The molecule has 21 heavy (non-hydrogen) atoms. The number of methoxy groups -OCH3 is 1. The van der Waals surface area contributed by atoms with Gasteiger partial charge in [-0.2, -0.15) is 0 Å². The molecule has 1 heterocycles. The van der Waals surface area contributed by atoms with Crippen LogP contribution in [0.3, 0.4) is 0 Å². The van der Waals surface area contributed by atoms with Crippen molar-refractivity contribution in [3.8, 4) is 5.75 Å². The molecular formula is C17H19N3O. The number of nitrogens with zero attached hydrogens (tertiary/aromatic N) is 2. The van der Waals surface area contributed by atoms with Crippen molar-refractivity contribution in [1.29, 1.82) is 0 Å². The molecule has 0 unspecified atom stereocenters. The lowest BCUT2D eigenvalue weighted by molar-refractivity contribution is 0.415. The van der Waals surface area contributed by atoms with Crippen LogP contribution in [0.5, 0.6) is 5.75 Å². The lowest BCUT2D eigenvalue weighted by Gasteiger charge is -2.06. The molecule has 0 saturated carbocycles. The minimum atomic E-state index is 0.842. The fourth-order valence-corrected chi connectivity index (χ4v) is 2.45. The number of benzene rings is 2. The summed E-state index contributed by atoms with van der Waals surface area (Å²) < 4.78 is 7.39. The van der Waals surface area contributed by atoms with Crippen molar-refractivity contribution in [3.63, 3.8) is 0 Å². The predicted octanol–water partition coefficient (Wildman–Crippen LogP) is 3.24. The SMILES string of the molecule is COc1ccc2c(c1)nc(CCNc1ccccc1)n2C. The van der Waals surface area contributed by atoms with Crippen LogP contribution in [0.4, 0.5) is 5.69 Å². The van der Waals surface area contributed by atoms with Gasteiger partial charge < -0.3 is 14.6 Å². The first-order chi connectivity index (χ1) is 10.3. The van der Waals surface area contributed by atoms with Crippen LogP contribution in [0.1, 0.15) is 5.82 Å². The van der Waals surface area contributed by atoms with E-state index in [1.165, 1.54) is 0 Å². The number of nitrogens with one attached hydrogen (secondary N) is 1. The van der Waals surface area contributed by atoms with Crippen molar-refractivity contribution >= 4 is 16.7 Å². The maximum atomic E-state index is 5.25. The average Bonchev–Trinajstić information content (AvgIpc) is 2.84. The van der Waals surface area contributed by atoms with Gasteiger partial charge in [0.05, 0.1) is 18.1 Å². The van der Waals surface area contributed by atoms with Gasteiger partial charge in [0.25, 0.3) is 0 Å². The highest BCUT2D eigenvalue weighted by Crippen LogP contribution is 2.21. The number of para-hydroxylation sites is 1. The molecule has 0 aliphatic carbocycles. The smallest absolute Gasteiger partial charge is 0.121 e. The Morgan fingerprint density at radius 3 is 2.71 bits per heavy atom. The summed E-state index contributed by atoms with van der Waals surface area (Å²) in [5.41, 5.74) is 3.25. The number of aryl methyl sites for hydroxylation is 1. The molecule has 2 aromatic carbocycles. The van der Waals surface area contributed by atoms with Crippen molar-refractivity contribution in [3.05, 3.63) is 54.4 Å². The molecule has 0 aliphatic heterocycles. The Morgan fingerprint density at radius 2 is 1.95 bits per heavy atom. The summed E-state index contributed by atoms with van der Waals surface area (Å²) in [7, 11) is 3.73. The first-order valence-electron chi connectivity index (χ1n) is 7.06. The Bertz CT molecular complexity index is 734. The number of rotatable bonds is 5. The van der Waals surface area contributed by atoms with Crippen LogP contribution in [0.25, 0.3) is 11.0 Å². The van der Waals surface area contributed by atoms with Crippen LogP contribution < -0.4 is 10.1 Å². The van der Waals surface area contributed by atoms with E-state index in [0.29, 0.717) is 0 Å². The Hall–Kier alpha value is -2.49. The number of anilines is 1. The zero-order chi connectivity index (χ0) is 14.7. The zero-order valence-electron chi connectivity index (χ0n) is 12.3. The highest BCUT2D eigenvalue weighted by molar-refractivity contribution is 5.77. The molecule has 0 atom stereocenters. The summed E-state index contributed by atoms with van der Waals surface area (Å²) in [6.45, 7) is 0.859. The maximum absolute atomic E-state index is 5.25. The van der Waals surface area contributed by atoms with E-state index in [1.54, 1.807) is 7.11 Å². The minimum Gasteiger partial charge on any atom is -0.497 e. The largest absolute Gasteiger partial charge is 0.497 e. The van der Waals surface area contributed by atoms with Gasteiger partial charge in [-0.05, 0) is 24.3 Å². The second-order valence-electron chi connectivity index (χ2n) is 4.98. The van der Waals surface area contributed by atoms with Crippen LogP contribution in [-0.2, 0) is 13.5 Å². The number of ether oxygens (including phenoxy) is 1. The third kappa shape index (κ3) is 2.84. The van der Waals surface area contributed by atoms with E-state index in [-0.39, 0.29) is 0 Å². The summed E-state index contributed by atoms with van der Waals surface area (Å²) in [4.78, 5) is 4.70. The van der Waals surface area contributed by atoms with Crippen LogP contribution in [0.2, 0.25) is 0 Å². The topological polar surface area (TPSA) is 39.1 Å². The van der Waals surface area contributed by atoms with Crippen LogP contribution in [0, 0.1) is 0 Å². The molecule has 0 spiro atoms. The third-order valence-electron chi connectivity index (χ3n) is 3.63. The second-order valence-corrected chi connectivity index (χ2v) is 4.98. The minimum absolute atomic E-state index is 0.842. The van der Waals surface area contributed by atoms with Crippen molar-refractivity contribution in [2.45, 2.75) is 6.42 Å². The maximum Gasteiger partial charge on any atom is 0.121 e. The van der Waals surface area contributed by atoms with Crippen LogP contribution >= 0.6 is 0 Å². The van der Waals surface area contributed by atoms with Gasteiger partial charge >= 0.3 is 0 Å². The standard InChI is InChI=1S/C17H19N3O/c1-20-16-9-8-14(21-2)12-15(16)19-17(20)10-11-18-13-6-4-3-5-7-13/h3-9,12,18H,10-11H2,1-2H3. The average molecular weight is 281 g/mol. The molecule has 0 amide bonds. The molecule has 0 fully saturated rings. The van der Waals surface area contributed by atoms with Crippen molar-refractivity contribution in [2.75, 3.05) is 19.0 Å². The normalized spacial score (nSPS) is 10.8. The number of fused-ring (bicyclic) bond motifs is 1. The van der Waals surface area contributed by atoms with Gasteiger partial charge in [0.2, 0.25) is 0 Å². The Labute approximate surface area is 124 Å². The van der Waals surface area contributed by atoms with Crippen molar-refractivity contribution in [2.24, 2.45) is 7.05 Å². The molecule has 0 saturated heterocycles. The van der Waals surface area contributed by atoms with Crippen LogP contribution in [0.15, 0.2) is 48.5 Å². The van der Waals surface area contributed by atoms with Gasteiger partial charge in [0.1, 0.15) is 11.6 Å².